The Morgan fingerprint density at radius 3 is 2.90 bits per heavy atom. The Morgan fingerprint density at radius 2 is 2.24 bits per heavy atom. The van der Waals surface area contributed by atoms with Crippen LogP contribution >= 0.6 is 0 Å². The van der Waals surface area contributed by atoms with E-state index in [9.17, 15) is 8.78 Å². The number of alkyl halides is 2. The third-order valence-electron chi connectivity index (χ3n) is 4.21. The first-order valence-corrected chi connectivity index (χ1v) is 7.36. The van der Waals surface area contributed by atoms with Gasteiger partial charge in [-0.3, -0.25) is 0 Å². The molecule has 1 aliphatic heterocycles. The summed E-state index contributed by atoms with van der Waals surface area (Å²) in [6, 6.07) is 4.71. The number of imidazole rings is 1. The van der Waals surface area contributed by atoms with Crippen molar-refractivity contribution in [3.05, 3.63) is 29.6 Å². The van der Waals surface area contributed by atoms with E-state index in [4.69, 9.17) is 4.74 Å². The Morgan fingerprint density at radius 1 is 1.43 bits per heavy atom. The second-order valence-electron chi connectivity index (χ2n) is 5.97. The lowest BCUT2D eigenvalue weighted by Gasteiger charge is -2.21. The van der Waals surface area contributed by atoms with Crippen LogP contribution in [0.25, 0.3) is 11.0 Å². The first-order valence-electron chi connectivity index (χ1n) is 7.36. The fourth-order valence-corrected chi connectivity index (χ4v) is 2.93. The van der Waals surface area contributed by atoms with E-state index in [0.717, 1.165) is 50.7 Å². The fourth-order valence-electron chi connectivity index (χ4n) is 2.93. The average molecular weight is 294 g/mol. The largest absolute Gasteiger partial charge is 0.381 e. The SMILES string of the molecule is Cn1c(CC2CCCOC2)nc2cc(C(C)(F)F)ccc21. The molecular weight excluding hydrogens is 274 g/mol. The zero-order chi connectivity index (χ0) is 15.0. The highest BCUT2D eigenvalue weighted by Gasteiger charge is 2.25. The molecule has 1 atom stereocenters. The lowest BCUT2D eigenvalue weighted by molar-refractivity contribution is 0.0176. The molecule has 21 heavy (non-hydrogen) atoms. The van der Waals surface area contributed by atoms with Gasteiger partial charge in [-0.2, -0.15) is 0 Å². The minimum atomic E-state index is -2.83. The summed E-state index contributed by atoms with van der Waals surface area (Å²) in [5.74, 6) is -1.42. The number of benzene rings is 1. The van der Waals surface area contributed by atoms with Gasteiger partial charge < -0.3 is 9.30 Å². The van der Waals surface area contributed by atoms with Crippen LogP contribution in [0.15, 0.2) is 18.2 Å². The van der Waals surface area contributed by atoms with Gasteiger partial charge in [-0.25, -0.2) is 13.8 Å². The quantitative estimate of drug-likeness (QED) is 0.864. The third-order valence-corrected chi connectivity index (χ3v) is 4.21. The highest BCUT2D eigenvalue weighted by Crippen LogP contribution is 2.30. The monoisotopic (exact) mass is 294 g/mol. The van der Waals surface area contributed by atoms with Gasteiger partial charge in [-0.1, -0.05) is 6.07 Å². The molecule has 0 amide bonds. The number of nitrogens with zero attached hydrogens (tertiary/aromatic N) is 2. The van der Waals surface area contributed by atoms with Gasteiger partial charge in [0.2, 0.25) is 0 Å². The zero-order valence-corrected chi connectivity index (χ0v) is 12.4. The summed E-state index contributed by atoms with van der Waals surface area (Å²) >= 11 is 0. The standard InChI is InChI=1S/C16H20F2N2O/c1-16(17,18)12-5-6-14-13(9-12)19-15(20(14)2)8-11-4-3-7-21-10-11/h5-6,9,11H,3-4,7-8,10H2,1-2H3. The van der Waals surface area contributed by atoms with Crippen molar-refractivity contribution < 1.29 is 13.5 Å². The van der Waals surface area contributed by atoms with Crippen LogP contribution in [-0.4, -0.2) is 22.8 Å². The van der Waals surface area contributed by atoms with Crippen LogP contribution in [0, 0.1) is 5.92 Å². The van der Waals surface area contributed by atoms with Crippen molar-refractivity contribution in [2.45, 2.75) is 32.1 Å². The second kappa shape index (κ2) is 5.37. The molecule has 1 unspecified atom stereocenters. The summed E-state index contributed by atoms with van der Waals surface area (Å²) in [6.45, 7) is 2.52. The Bertz CT molecular complexity index is 639. The Kier molecular flexibility index (Phi) is 3.69. The fraction of sp³-hybridized carbons (Fsp3) is 0.562. The van der Waals surface area contributed by atoms with E-state index in [0.29, 0.717) is 11.4 Å². The van der Waals surface area contributed by atoms with Crippen molar-refractivity contribution >= 4 is 11.0 Å². The van der Waals surface area contributed by atoms with Crippen LogP contribution in [0.2, 0.25) is 0 Å². The van der Waals surface area contributed by atoms with Crippen molar-refractivity contribution in [3.8, 4) is 0 Å². The average Bonchev–Trinajstić information content (AvgIpc) is 2.75. The van der Waals surface area contributed by atoms with Gasteiger partial charge in [-0.05, 0) is 30.9 Å². The molecule has 2 heterocycles. The molecule has 3 rings (SSSR count). The molecule has 1 aromatic heterocycles. The minimum Gasteiger partial charge on any atom is -0.381 e. The van der Waals surface area contributed by atoms with E-state index in [1.165, 1.54) is 12.1 Å². The smallest absolute Gasteiger partial charge is 0.270 e. The number of aromatic nitrogens is 2. The van der Waals surface area contributed by atoms with E-state index in [-0.39, 0.29) is 5.56 Å². The van der Waals surface area contributed by atoms with E-state index in [2.05, 4.69) is 4.98 Å². The first kappa shape index (κ1) is 14.4. The summed E-state index contributed by atoms with van der Waals surface area (Å²) in [4.78, 5) is 4.55. The van der Waals surface area contributed by atoms with Gasteiger partial charge in [0, 0.05) is 39.2 Å². The van der Waals surface area contributed by atoms with Crippen LogP contribution < -0.4 is 0 Å². The molecule has 1 fully saturated rings. The lowest BCUT2D eigenvalue weighted by atomic mass is 9.98. The normalized spacial score (nSPS) is 20.1. The van der Waals surface area contributed by atoms with Gasteiger partial charge in [0.1, 0.15) is 5.82 Å². The van der Waals surface area contributed by atoms with Crippen LogP contribution in [0.1, 0.15) is 31.2 Å². The molecule has 1 aromatic carbocycles. The Balaban J connectivity index is 1.91. The van der Waals surface area contributed by atoms with Gasteiger partial charge in [0.15, 0.2) is 0 Å². The molecule has 0 radical (unpaired) electrons. The molecule has 0 spiro atoms. The van der Waals surface area contributed by atoms with Crippen molar-refractivity contribution in [1.29, 1.82) is 0 Å². The number of aryl methyl sites for hydroxylation is 1. The summed E-state index contributed by atoms with van der Waals surface area (Å²) in [6.07, 6.45) is 3.06. The number of hydrogen-bond donors (Lipinski definition) is 0. The maximum Gasteiger partial charge on any atom is 0.270 e. The van der Waals surface area contributed by atoms with Gasteiger partial charge in [0.25, 0.3) is 5.92 Å². The van der Waals surface area contributed by atoms with E-state index >= 15 is 0 Å². The number of ether oxygens (including phenoxy) is 1. The lowest BCUT2D eigenvalue weighted by Crippen LogP contribution is -2.20. The summed E-state index contributed by atoms with van der Waals surface area (Å²) < 4.78 is 34.3. The van der Waals surface area contributed by atoms with Gasteiger partial charge in [0.05, 0.1) is 11.0 Å². The summed E-state index contributed by atoms with van der Waals surface area (Å²) in [7, 11) is 1.94. The van der Waals surface area contributed by atoms with Gasteiger partial charge >= 0.3 is 0 Å². The van der Waals surface area contributed by atoms with Crippen molar-refractivity contribution in [3.63, 3.8) is 0 Å². The van der Waals surface area contributed by atoms with Crippen molar-refractivity contribution in [2.24, 2.45) is 13.0 Å². The van der Waals surface area contributed by atoms with E-state index in [1.807, 2.05) is 11.6 Å². The highest BCUT2D eigenvalue weighted by atomic mass is 19.3. The second-order valence-corrected chi connectivity index (χ2v) is 5.97. The highest BCUT2D eigenvalue weighted by molar-refractivity contribution is 5.77. The maximum atomic E-state index is 13.4. The zero-order valence-electron chi connectivity index (χ0n) is 12.4. The summed E-state index contributed by atoms with van der Waals surface area (Å²) in [5, 5.41) is 0. The predicted molar refractivity (Wildman–Crippen MR) is 77.5 cm³/mol. The van der Waals surface area contributed by atoms with Crippen molar-refractivity contribution in [2.75, 3.05) is 13.2 Å². The van der Waals surface area contributed by atoms with Crippen molar-refractivity contribution in [1.82, 2.24) is 9.55 Å². The van der Waals surface area contributed by atoms with Crippen LogP contribution in [0.5, 0.6) is 0 Å². The number of hydrogen-bond acceptors (Lipinski definition) is 2. The van der Waals surface area contributed by atoms with Gasteiger partial charge in [-0.15, -0.1) is 0 Å². The predicted octanol–water partition coefficient (Wildman–Crippen LogP) is 3.65. The molecule has 2 aromatic rings. The van der Waals surface area contributed by atoms with Crippen LogP contribution in [-0.2, 0) is 24.1 Å². The van der Waals surface area contributed by atoms with Crippen LogP contribution in [0.3, 0.4) is 0 Å². The van der Waals surface area contributed by atoms with E-state index in [1.54, 1.807) is 6.07 Å². The summed E-state index contributed by atoms with van der Waals surface area (Å²) in [5.41, 5.74) is 1.55. The Labute approximate surface area is 122 Å². The van der Waals surface area contributed by atoms with Crippen LogP contribution in [0.4, 0.5) is 8.78 Å². The molecule has 0 aliphatic carbocycles. The third kappa shape index (κ3) is 2.93. The molecular formula is C16H20F2N2O. The molecule has 0 bridgehead atoms. The molecule has 1 saturated heterocycles. The Hall–Kier alpha value is -1.49. The maximum absolute atomic E-state index is 13.4. The minimum absolute atomic E-state index is 0.0145. The molecule has 0 N–H and O–H groups in total. The molecule has 5 heteroatoms. The number of halogens is 2. The molecule has 3 nitrogen and oxygen atoms in total. The molecule has 1 aliphatic rings. The first-order chi connectivity index (χ1) is 9.95. The number of fused-ring (bicyclic) bond motifs is 1. The molecule has 114 valence electrons. The number of rotatable bonds is 3. The topological polar surface area (TPSA) is 27.1 Å². The van der Waals surface area contributed by atoms with E-state index < -0.39 is 5.92 Å². The molecule has 0 saturated carbocycles.